The Balaban J connectivity index is 2.88. The van der Waals surface area contributed by atoms with Gasteiger partial charge in [-0.2, -0.15) is 4.72 Å². The van der Waals surface area contributed by atoms with Crippen molar-refractivity contribution in [3.63, 3.8) is 0 Å². The Morgan fingerprint density at radius 2 is 2.00 bits per heavy atom. The Kier molecular flexibility index (Phi) is 7.27. The van der Waals surface area contributed by atoms with Gasteiger partial charge in [-0.15, -0.1) is 6.58 Å². The number of benzene rings is 1. The molecule has 0 bridgehead atoms. The third kappa shape index (κ3) is 5.27. The molecule has 22 heavy (non-hydrogen) atoms. The molecule has 122 valence electrons. The standard InChI is InChI=1S/C16H23NO4S/c1-4-6-8-13-9-11-14(12-10-13)22(19,20)17-15(7-5-2)16(18)21-3/h5,9-12,15,17H,2,4,6-8H2,1,3H3. The highest BCUT2D eigenvalue weighted by Gasteiger charge is 2.25. The maximum atomic E-state index is 12.3. The molecule has 0 saturated heterocycles. The van der Waals surface area contributed by atoms with Crippen LogP contribution in [0.25, 0.3) is 0 Å². The number of aryl methyl sites for hydroxylation is 1. The van der Waals surface area contributed by atoms with Crippen molar-refractivity contribution in [2.45, 2.75) is 43.5 Å². The van der Waals surface area contributed by atoms with E-state index in [1.165, 1.54) is 13.2 Å². The van der Waals surface area contributed by atoms with Crippen molar-refractivity contribution < 1.29 is 17.9 Å². The van der Waals surface area contributed by atoms with E-state index in [0.29, 0.717) is 0 Å². The number of ether oxygens (including phenoxy) is 1. The second-order valence-corrected chi connectivity index (χ2v) is 6.68. The molecule has 1 unspecified atom stereocenters. The maximum absolute atomic E-state index is 12.3. The third-order valence-electron chi connectivity index (χ3n) is 3.24. The first-order chi connectivity index (χ1) is 10.4. The van der Waals surface area contributed by atoms with Gasteiger partial charge in [0.1, 0.15) is 6.04 Å². The van der Waals surface area contributed by atoms with Crippen LogP contribution in [-0.2, 0) is 26.0 Å². The summed E-state index contributed by atoms with van der Waals surface area (Å²) in [6, 6.07) is 5.73. The van der Waals surface area contributed by atoms with Crippen molar-refractivity contribution in [3.05, 3.63) is 42.5 Å². The van der Waals surface area contributed by atoms with Gasteiger partial charge >= 0.3 is 5.97 Å². The SMILES string of the molecule is C=CCC(NS(=O)(=O)c1ccc(CCCC)cc1)C(=O)OC. The Labute approximate surface area is 132 Å². The normalized spacial score (nSPS) is 12.6. The number of hydrogen-bond donors (Lipinski definition) is 1. The van der Waals surface area contributed by atoms with Crippen molar-refractivity contribution >= 4 is 16.0 Å². The molecular formula is C16H23NO4S. The highest BCUT2D eigenvalue weighted by atomic mass is 32.2. The number of unbranched alkanes of at least 4 members (excludes halogenated alkanes) is 1. The van der Waals surface area contributed by atoms with Crippen molar-refractivity contribution in [1.29, 1.82) is 0 Å². The van der Waals surface area contributed by atoms with E-state index in [1.807, 2.05) is 0 Å². The molecule has 0 aliphatic rings. The van der Waals surface area contributed by atoms with Crippen molar-refractivity contribution in [1.82, 2.24) is 4.72 Å². The molecule has 0 heterocycles. The van der Waals surface area contributed by atoms with Crippen LogP contribution in [-0.4, -0.2) is 27.5 Å². The molecule has 1 aromatic rings. The number of esters is 1. The number of methoxy groups -OCH3 is 1. The molecule has 1 atom stereocenters. The minimum atomic E-state index is -3.77. The van der Waals surface area contributed by atoms with Crippen molar-refractivity contribution in [2.75, 3.05) is 7.11 Å². The summed E-state index contributed by atoms with van der Waals surface area (Å²) >= 11 is 0. The van der Waals surface area contributed by atoms with E-state index in [-0.39, 0.29) is 11.3 Å². The van der Waals surface area contributed by atoms with Crippen LogP contribution in [0, 0.1) is 0 Å². The molecule has 0 saturated carbocycles. The highest BCUT2D eigenvalue weighted by Crippen LogP contribution is 2.13. The van der Waals surface area contributed by atoms with Crippen LogP contribution in [0.5, 0.6) is 0 Å². The quantitative estimate of drug-likeness (QED) is 0.559. The first-order valence-corrected chi connectivity index (χ1v) is 8.73. The van der Waals surface area contributed by atoms with E-state index in [4.69, 9.17) is 0 Å². The van der Waals surface area contributed by atoms with Gasteiger partial charge in [0.15, 0.2) is 0 Å². The number of carbonyl (C=O) groups is 1. The van der Waals surface area contributed by atoms with E-state index in [9.17, 15) is 13.2 Å². The number of hydrogen-bond acceptors (Lipinski definition) is 4. The summed E-state index contributed by atoms with van der Waals surface area (Å²) in [5.74, 6) is -0.636. The van der Waals surface area contributed by atoms with E-state index in [1.54, 1.807) is 24.3 Å². The van der Waals surface area contributed by atoms with E-state index in [2.05, 4.69) is 23.0 Å². The predicted molar refractivity (Wildman–Crippen MR) is 86.0 cm³/mol. The first kappa shape index (κ1) is 18.4. The zero-order valence-electron chi connectivity index (χ0n) is 13.0. The average Bonchev–Trinajstić information content (AvgIpc) is 2.52. The summed E-state index contributed by atoms with van der Waals surface area (Å²) in [4.78, 5) is 11.7. The molecule has 0 aromatic heterocycles. The maximum Gasteiger partial charge on any atom is 0.324 e. The molecule has 0 aliphatic heterocycles. The summed E-state index contributed by atoms with van der Waals surface area (Å²) in [5.41, 5.74) is 1.09. The smallest absolute Gasteiger partial charge is 0.324 e. The second-order valence-electron chi connectivity index (χ2n) is 4.97. The van der Waals surface area contributed by atoms with Gasteiger partial charge < -0.3 is 4.74 Å². The molecule has 0 spiro atoms. The topological polar surface area (TPSA) is 72.5 Å². The van der Waals surface area contributed by atoms with Crippen molar-refractivity contribution in [3.8, 4) is 0 Å². The van der Waals surface area contributed by atoms with Gasteiger partial charge in [-0.3, -0.25) is 4.79 Å². The molecule has 0 fully saturated rings. The third-order valence-corrected chi connectivity index (χ3v) is 4.73. The summed E-state index contributed by atoms with van der Waals surface area (Å²) in [6.45, 7) is 5.62. The fourth-order valence-electron chi connectivity index (χ4n) is 1.97. The predicted octanol–water partition coefficient (Wildman–Crippen LogP) is 2.43. The molecule has 0 amide bonds. The van der Waals surface area contributed by atoms with Gasteiger partial charge in [0, 0.05) is 0 Å². The summed E-state index contributed by atoms with van der Waals surface area (Å²) in [6.07, 6.45) is 4.71. The molecule has 0 radical (unpaired) electrons. The Hall–Kier alpha value is -1.66. The minimum absolute atomic E-state index is 0.130. The Morgan fingerprint density at radius 1 is 1.36 bits per heavy atom. The summed E-state index contributed by atoms with van der Waals surface area (Å²) in [7, 11) is -2.56. The van der Waals surface area contributed by atoms with Crippen LogP contribution in [0.4, 0.5) is 0 Å². The van der Waals surface area contributed by atoms with Crippen LogP contribution in [0.1, 0.15) is 31.7 Å². The zero-order chi connectivity index (χ0) is 16.6. The second kappa shape index (κ2) is 8.70. The lowest BCUT2D eigenvalue weighted by atomic mass is 10.1. The first-order valence-electron chi connectivity index (χ1n) is 7.24. The van der Waals surface area contributed by atoms with Gasteiger partial charge in [0.05, 0.1) is 12.0 Å². The number of rotatable bonds is 9. The molecule has 1 rings (SSSR count). The van der Waals surface area contributed by atoms with Gasteiger partial charge in [0.2, 0.25) is 10.0 Å². The zero-order valence-corrected chi connectivity index (χ0v) is 13.9. The summed E-state index contributed by atoms with van der Waals surface area (Å²) in [5, 5.41) is 0. The lowest BCUT2D eigenvalue weighted by Gasteiger charge is -2.15. The summed E-state index contributed by atoms with van der Waals surface area (Å²) < 4.78 is 31.6. The largest absolute Gasteiger partial charge is 0.468 e. The van der Waals surface area contributed by atoms with E-state index >= 15 is 0 Å². The minimum Gasteiger partial charge on any atom is -0.468 e. The molecule has 5 nitrogen and oxygen atoms in total. The Bertz CT molecular complexity index is 593. The average molecular weight is 325 g/mol. The molecule has 0 aliphatic carbocycles. The van der Waals surface area contributed by atoms with Gasteiger partial charge in [0.25, 0.3) is 0 Å². The Morgan fingerprint density at radius 3 is 2.50 bits per heavy atom. The molecule has 1 N–H and O–H groups in total. The van der Waals surface area contributed by atoms with Crippen LogP contribution < -0.4 is 4.72 Å². The lowest BCUT2D eigenvalue weighted by molar-refractivity contribution is -0.142. The number of nitrogens with one attached hydrogen (secondary N) is 1. The highest BCUT2D eigenvalue weighted by molar-refractivity contribution is 7.89. The van der Waals surface area contributed by atoms with Gasteiger partial charge in [-0.1, -0.05) is 31.6 Å². The van der Waals surface area contributed by atoms with Crippen LogP contribution in [0.3, 0.4) is 0 Å². The monoisotopic (exact) mass is 325 g/mol. The fourth-order valence-corrected chi connectivity index (χ4v) is 3.17. The van der Waals surface area contributed by atoms with E-state index < -0.39 is 22.0 Å². The van der Waals surface area contributed by atoms with Crippen LogP contribution >= 0.6 is 0 Å². The molecule has 6 heteroatoms. The number of sulfonamides is 1. The molecule has 1 aromatic carbocycles. The van der Waals surface area contributed by atoms with Crippen molar-refractivity contribution in [2.24, 2.45) is 0 Å². The van der Waals surface area contributed by atoms with E-state index in [0.717, 1.165) is 24.8 Å². The lowest BCUT2D eigenvalue weighted by Crippen LogP contribution is -2.41. The fraction of sp³-hybridized carbons (Fsp3) is 0.438. The van der Waals surface area contributed by atoms with Gasteiger partial charge in [-0.25, -0.2) is 8.42 Å². The molecular weight excluding hydrogens is 302 g/mol. The van der Waals surface area contributed by atoms with Crippen LogP contribution in [0.2, 0.25) is 0 Å². The van der Waals surface area contributed by atoms with Crippen LogP contribution in [0.15, 0.2) is 41.8 Å². The van der Waals surface area contributed by atoms with Gasteiger partial charge in [-0.05, 0) is 37.0 Å². The number of carbonyl (C=O) groups excluding carboxylic acids is 1.